The zero-order valence-electron chi connectivity index (χ0n) is 15.2. The van der Waals surface area contributed by atoms with Crippen LogP contribution in [-0.2, 0) is 16.1 Å². The van der Waals surface area contributed by atoms with Gasteiger partial charge < -0.3 is 9.80 Å². The number of carbonyl (C=O) groups excluding carboxylic acids is 2. The zero-order chi connectivity index (χ0) is 19.6. The van der Waals surface area contributed by atoms with Gasteiger partial charge in [0.05, 0.1) is 23.4 Å². The number of carbonyl (C=O) groups is 2. The van der Waals surface area contributed by atoms with Crippen LogP contribution in [0, 0.1) is 11.3 Å². The highest BCUT2D eigenvalue weighted by molar-refractivity contribution is 7.16. The highest BCUT2D eigenvalue weighted by atomic mass is 35.5. The molecule has 0 aliphatic carbocycles. The smallest absolute Gasteiger partial charge is 0.227 e. The molecule has 2 amide bonds. The Kier molecular flexibility index (Phi) is 8.31. The second-order valence-corrected chi connectivity index (χ2v) is 7.70. The average Bonchev–Trinajstić information content (AvgIpc) is 3.10. The SMILES string of the molecule is CCN(Cc1ccc(Cl)s1)C(=O)CCC(=O)N(CCC#N)c1ccccc1. The number of rotatable bonds is 9. The second kappa shape index (κ2) is 10.7. The summed E-state index contributed by atoms with van der Waals surface area (Å²) in [6.45, 7) is 3.30. The quantitative estimate of drug-likeness (QED) is 0.620. The highest BCUT2D eigenvalue weighted by Crippen LogP contribution is 2.23. The first-order valence-corrected chi connectivity index (χ1v) is 9.99. The van der Waals surface area contributed by atoms with Gasteiger partial charge in [-0.1, -0.05) is 29.8 Å². The Hall–Kier alpha value is -2.36. The lowest BCUT2D eigenvalue weighted by Gasteiger charge is -2.23. The predicted molar refractivity (Wildman–Crippen MR) is 109 cm³/mol. The van der Waals surface area contributed by atoms with Crippen LogP contribution in [0.15, 0.2) is 42.5 Å². The molecule has 0 aliphatic heterocycles. The molecule has 0 saturated carbocycles. The van der Waals surface area contributed by atoms with E-state index in [9.17, 15) is 9.59 Å². The number of amides is 2. The number of nitriles is 1. The number of thiophene rings is 1. The van der Waals surface area contributed by atoms with Crippen molar-refractivity contribution in [2.75, 3.05) is 18.0 Å². The Morgan fingerprint density at radius 2 is 1.81 bits per heavy atom. The lowest BCUT2D eigenvalue weighted by molar-refractivity contribution is -0.133. The van der Waals surface area contributed by atoms with E-state index in [0.29, 0.717) is 24.0 Å². The summed E-state index contributed by atoms with van der Waals surface area (Å²) in [5, 5.41) is 8.85. The first-order valence-electron chi connectivity index (χ1n) is 8.79. The number of hydrogen-bond acceptors (Lipinski definition) is 4. The molecule has 0 saturated heterocycles. The fourth-order valence-electron chi connectivity index (χ4n) is 2.68. The molecule has 0 radical (unpaired) electrons. The molecule has 2 aromatic rings. The Morgan fingerprint density at radius 1 is 1.11 bits per heavy atom. The van der Waals surface area contributed by atoms with Crippen molar-refractivity contribution >= 4 is 40.4 Å². The van der Waals surface area contributed by atoms with Crippen molar-refractivity contribution in [2.45, 2.75) is 32.7 Å². The molecule has 1 aromatic heterocycles. The van der Waals surface area contributed by atoms with Gasteiger partial charge in [0.15, 0.2) is 0 Å². The van der Waals surface area contributed by atoms with Crippen molar-refractivity contribution in [3.63, 3.8) is 0 Å². The Morgan fingerprint density at radius 3 is 2.41 bits per heavy atom. The molecule has 0 fully saturated rings. The van der Waals surface area contributed by atoms with Crippen LogP contribution in [0.2, 0.25) is 4.34 Å². The van der Waals surface area contributed by atoms with E-state index >= 15 is 0 Å². The van der Waals surface area contributed by atoms with E-state index in [1.807, 2.05) is 49.4 Å². The fraction of sp³-hybridized carbons (Fsp3) is 0.350. The van der Waals surface area contributed by atoms with Gasteiger partial charge in [0, 0.05) is 36.5 Å². The van der Waals surface area contributed by atoms with Crippen LogP contribution in [0.5, 0.6) is 0 Å². The van der Waals surface area contributed by atoms with E-state index in [-0.39, 0.29) is 31.1 Å². The molecule has 5 nitrogen and oxygen atoms in total. The maximum Gasteiger partial charge on any atom is 0.227 e. The van der Waals surface area contributed by atoms with Crippen LogP contribution in [0.3, 0.4) is 0 Å². The summed E-state index contributed by atoms with van der Waals surface area (Å²) in [5.74, 6) is -0.219. The summed E-state index contributed by atoms with van der Waals surface area (Å²) >= 11 is 7.40. The molecule has 0 spiro atoms. The molecule has 1 aromatic carbocycles. The predicted octanol–water partition coefficient (Wildman–Crippen LogP) is 4.48. The van der Waals surface area contributed by atoms with Crippen molar-refractivity contribution < 1.29 is 9.59 Å². The van der Waals surface area contributed by atoms with Gasteiger partial charge in [0.2, 0.25) is 11.8 Å². The molecular formula is C20H22ClN3O2S. The summed E-state index contributed by atoms with van der Waals surface area (Å²) in [4.78, 5) is 29.5. The third kappa shape index (κ3) is 6.38. The molecule has 0 N–H and O–H groups in total. The van der Waals surface area contributed by atoms with E-state index < -0.39 is 0 Å². The highest BCUT2D eigenvalue weighted by Gasteiger charge is 2.19. The van der Waals surface area contributed by atoms with Crippen molar-refractivity contribution in [2.24, 2.45) is 0 Å². The van der Waals surface area contributed by atoms with Gasteiger partial charge in [-0.05, 0) is 31.2 Å². The van der Waals surface area contributed by atoms with E-state index in [4.69, 9.17) is 16.9 Å². The van der Waals surface area contributed by atoms with Gasteiger partial charge >= 0.3 is 0 Å². The van der Waals surface area contributed by atoms with Crippen molar-refractivity contribution in [1.29, 1.82) is 5.26 Å². The molecule has 0 unspecified atom stereocenters. The third-order valence-electron chi connectivity index (χ3n) is 4.08. The van der Waals surface area contributed by atoms with E-state index in [1.54, 1.807) is 9.80 Å². The summed E-state index contributed by atoms with van der Waals surface area (Å²) < 4.78 is 0.694. The fourth-order valence-corrected chi connectivity index (χ4v) is 3.78. The lowest BCUT2D eigenvalue weighted by atomic mass is 10.2. The van der Waals surface area contributed by atoms with Gasteiger partial charge in [-0.3, -0.25) is 9.59 Å². The largest absolute Gasteiger partial charge is 0.338 e. The van der Waals surface area contributed by atoms with E-state index in [2.05, 4.69) is 6.07 Å². The maximum absolute atomic E-state index is 12.7. The molecule has 2 rings (SSSR count). The van der Waals surface area contributed by atoms with Gasteiger partial charge in [0.25, 0.3) is 0 Å². The van der Waals surface area contributed by atoms with E-state index in [1.165, 1.54) is 11.3 Å². The van der Waals surface area contributed by atoms with Crippen molar-refractivity contribution in [1.82, 2.24) is 4.90 Å². The number of anilines is 1. The molecule has 142 valence electrons. The van der Waals surface area contributed by atoms with Crippen molar-refractivity contribution in [3.8, 4) is 6.07 Å². The van der Waals surface area contributed by atoms with Gasteiger partial charge in [-0.15, -0.1) is 11.3 Å². The average molecular weight is 404 g/mol. The monoisotopic (exact) mass is 403 g/mol. The zero-order valence-corrected chi connectivity index (χ0v) is 16.8. The van der Waals surface area contributed by atoms with Crippen LogP contribution < -0.4 is 4.90 Å². The maximum atomic E-state index is 12.7. The molecule has 0 aliphatic rings. The van der Waals surface area contributed by atoms with E-state index in [0.717, 1.165) is 10.6 Å². The first kappa shape index (κ1) is 20.9. The van der Waals surface area contributed by atoms with Crippen molar-refractivity contribution in [3.05, 3.63) is 51.7 Å². The molecule has 0 atom stereocenters. The molecule has 27 heavy (non-hydrogen) atoms. The second-order valence-electron chi connectivity index (χ2n) is 5.90. The van der Waals surface area contributed by atoms with Crippen LogP contribution in [0.25, 0.3) is 0 Å². The topological polar surface area (TPSA) is 64.4 Å². The standard InChI is InChI=1S/C20H22ClN3O2S/c1-2-23(15-17-9-10-18(21)27-17)19(25)11-12-20(26)24(14-6-13-22)16-7-4-3-5-8-16/h3-5,7-10H,2,6,11-12,14-15H2,1H3. The number of hydrogen-bond donors (Lipinski definition) is 0. The summed E-state index contributed by atoms with van der Waals surface area (Å²) in [7, 11) is 0. The summed E-state index contributed by atoms with van der Waals surface area (Å²) in [6.07, 6.45) is 0.497. The van der Waals surface area contributed by atoms with Crippen LogP contribution >= 0.6 is 22.9 Å². The molecule has 1 heterocycles. The number of halogens is 1. The van der Waals surface area contributed by atoms with Crippen LogP contribution in [0.4, 0.5) is 5.69 Å². The summed E-state index contributed by atoms with van der Waals surface area (Å²) in [6, 6.07) is 15.0. The Bertz CT molecular complexity index is 801. The lowest BCUT2D eigenvalue weighted by Crippen LogP contribution is -2.34. The van der Waals surface area contributed by atoms with Gasteiger partial charge in [0.1, 0.15) is 0 Å². The normalized spacial score (nSPS) is 10.3. The third-order valence-corrected chi connectivity index (χ3v) is 5.29. The minimum absolute atomic E-state index is 0.0660. The Balaban J connectivity index is 1.96. The van der Waals surface area contributed by atoms with Crippen LogP contribution in [-0.4, -0.2) is 29.8 Å². The van der Waals surface area contributed by atoms with Crippen LogP contribution in [0.1, 0.15) is 31.1 Å². The van der Waals surface area contributed by atoms with Gasteiger partial charge in [-0.2, -0.15) is 5.26 Å². The number of para-hydroxylation sites is 1. The van der Waals surface area contributed by atoms with Gasteiger partial charge in [-0.25, -0.2) is 0 Å². The minimum atomic E-state index is -0.153. The molecular weight excluding hydrogens is 382 g/mol. The number of nitrogens with zero attached hydrogens (tertiary/aromatic N) is 3. The minimum Gasteiger partial charge on any atom is -0.338 e. The Labute approximate surface area is 168 Å². The molecule has 0 bridgehead atoms. The number of benzene rings is 1. The first-order chi connectivity index (χ1) is 13.0. The summed E-state index contributed by atoms with van der Waals surface area (Å²) in [5.41, 5.74) is 0.741. The molecule has 7 heteroatoms.